The average Bonchev–Trinajstić information content (AvgIpc) is 3.28. The van der Waals surface area contributed by atoms with E-state index in [4.69, 9.17) is 15.0 Å². The van der Waals surface area contributed by atoms with Gasteiger partial charge in [0.25, 0.3) is 0 Å². The second-order valence-corrected chi connectivity index (χ2v) is 12.1. The predicted octanol–water partition coefficient (Wildman–Crippen LogP) is 0.116. The molecule has 6 rings (SSSR count). The molecule has 2 fully saturated rings. The molecule has 4 aromatic rings. The molecule has 0 saturated carbocycles. The molecule has 2 aliphatic heterocycles. The van der Waals surface area contributed by atoms with Crippen molar-refractivity contribution in [3.8, 4) is 0 Å². The van der Waals surface area contributed by atoms with Crippen LogP contribution in [0.3, 0.4) is 0 Å². The molecule has 2 N–H and O–H groups in total. The van der Waals surface area contributed by atoms with E-state index < -0.39 is 15.8 Å². The molecule has 2 saturated heterocycles. The van der Waals surface area contributed by atoms with Gasteiger partial charge in [0, 0.05) is 0 Å². The van der Waals surface area contributed by atoms with Gasteiger partial charge < -0.3 is 0 Å². The topological polar surface area (TPSA) is 145 Å². The maximum atomic E-state index is 12.7. The third-order valence-electron chi connectivity index (χ3n) is 7.14. The summed E-state index contributed by atoms with van der Waals surface area (Å²) in [6.07, 6.45) is 11.3. The third-order valence-corrected chi connectivity index (χ3v) is 9.36. The number of aromatic nitrogens is 9. The Bertz CT molecular complexity index is 1380. The summed E-state index contributed by atoms with van der Waals surface area (Å²) in [4.78, 5) is 31.7. The van der Waals surface area contributed by atoms with Crippen LogP contribution >= 0.6 is 0 Å². The van der Waals surface area contributed by atoms with Gasteiger partial charge in [0.05, 0.1) is 0 Å². The zero-order valence-corrected chi connectivity index (χ0v) is 22.4. The molecular weight excluding hydrogens is 533 g/mol. The van der Waals surface area contributed by atoms with E-state index in [2.05, 4.69) is 52.8 Å². The second kappa shape index (κ2) is 10.9. The van der Waals surface area contributed by atoms with Crippen LogP contribution in [0.5, 0.6) is 0 Å². The van der Waals surface area contributed by atoms with Gasteiger partial charge in [-0.3, -0.25) is 0 Å². The molecule has 13 heteroatoms. The SMILES string of the molecule is O=c1[nH]ncc2nc(N3CCCCCC3)nc([As]c3ccc(N4CCC(Cc5nn[nH]n5)CC4)nc3)c12. The van der Waals surface area contributed by atoms with Crippen molar-refractivity contribution in [1.29, 1.82) is 0 Å². The molecule has 12 nitrogen and oxygen atoms in total. The van der Waals surface area contributed by atoms with E-state index in [1.807, 2.05) is 6.20 Å². The first-order valence-electron chi connectivity index (χ1n) is 12.9. The fourth-order valence-electron chi connectivity index (χ4n) is 5.11. The van der Waals surface area contributed by atoms with Gasteiger partial charge in [0.1, 0.15) is 0 Å². The molecule has 0 spiro atoms. The van der Waals surface area contributed by atoms with Crippen LogP contribution in [0.2, 0.25) is 0 Å². The molecule has 191 valence electrons. The molecule has 0 bridgehead atoms. The van der Waals surface area contributed by atoms with Gasteiger partial charge >= 0.3 is 221 Å². The third kappa shape index (κ3) is 5.48. The molecule has 0 atom stereocenters. The van der Waals surface area contributed by atoms with Gasteiger partial charge in [-0.2, -0.15) is 0 Å². The van der Waals surface area contributed by atoms with Crippen molar-refractivity contribution >= 4 is 47.3 Å². The van der Waals surface area contributed by atoms with Crippen molar-refractivity contribution in [3.63, 3.8) is 0 Å². The molecule has 0 aliphatic carbocycles. The normalized spacial score (nSPS) is 17.6. The fourth-order valence-corrected chi connectivity index (χ4v) is 7.16. The number of aromatic amines is 2. The summed E-state index contributed by atoms with van der Waals surface area (Å²) in [6, 6.07) is 4.22. The van der Waals surface area contributed by atoms with Crippen molar-refractivity contribution in [2.75, 3.05) is 36.0 Å². The van der Waals surface area contributed by atoms with Crippen molar-refractivity contribution in [3.05, 3.63) is 40.7 Å². The zero-order valence-electron chi connectivity index (χ0n) is 20.5. The molecule has 0 aromatic carbocycles. The molecule has 1 radical (unpaired) electrons. The summed E-state index contributed by atoms with van der Waals surface area (Å²) in [6.45, 7) is 3.81. The van der Waals surface area contributed by atoms with E-state index in [1.54, 1.807) is 6.20 Å². The number of H-pyrrole nitrogens is 2. The van der Waals surface area contributed by atoms with Crippen molar-refractivity contribution in [1.82, 2.24) is 45.8 Å². The molecule has 0 unspecified atom stereocenters. The van der Waals surface area contributed by atoms with Gasteiger partial charge in [0.15, 0.2) is 0 Å². The maximum absolute atomic E-state index is 12.7. The number of fused-ring (bicyclic) bond motifs is 1. The molecule has 6 heterocycles. The molecule has 2 aliphatic rings. The van der Waals surface area contributed by atoms with Gasteiger partial charge in [0.2, 0.25) is 0 Å². The van der Waals surface area contributed by atoms with Gasteiger partial charge in [-0.25, -0.2) is 0 Å². The van der Waals surface area contributed by atoms with Crippen LogP contribution in [0.4, 0.5) is 11.8 Å². The standard InChI is InChI=1S/C24H29AsN11O/c37-23-21-18(15-27-32-23)28-24(36-9-3-1-2-4-10-36)29-22(21)25-17-5-6-20(26-14-17)35-11-7-16(8-12-35)13-19-30-33-34-31-19/h5-6,14-16H,1-4,7-13H2,(H,32,37)(H,30,31,33,34). The van der Waals surface area contributed by atoms with Crippen molar-refractivity contribution in [2.45, 2.75) is 44.9 Å². The first-order valence-corrected chi connectivity index (χ1v) is 14.8. The average molecular weight is 562 g/mol. The van der Waals surface area contributed by atoms with Crippen LogP contribution in [0.25, 0.3) is 10.9 Å². The van der Waals surface area contributed by atoms with Gasteiger partial charge in [-0.05, 0) is 0 Å². The molecular formula is C24H29AsN11O. The number of rotatable bonds is 6. The Kier molecular flexibility index (Phi) is 7.07. The Morgan fingerprint density at radius 1 is 0.973 bits per heavy atom. The van der Waals surface area contributed by atoms with Crippen LogP contribution in [-0.2, 0) is 6.42 Å². The summed E-state index contributed by atoms with van der Waals surface area (Å²) in [5, 5.41) is 21.4. The Morgan fingerprint density at radius 2 is 1.81 bits per heavy atom. The molecule has 0 amide bonds. The number of tetrazole rings is 1. The Balaban J connectivity index is 1.18. The first kappa shape index (κ1) is 24.0. The molecule has 4 aromatic heterocycles. The van der Waals surface area contributed by atoms with E-state index in [9.17, 15) is 4.79 Å². The quantitative estimate of drug-likeness (QED) is 0.311. The number of nitrogens with zero attached hydrogens (tertiary/aromatic N) is 9. The van der Waals surface area contributed by atoms with Gasteiger partial charge in [-0.15, -0.1) is 0 Å². The summed E-state index contributed by atoms with van der Waals surface area (Å²) >= 11 is -0.546. The minimum atomic E-state index is -0.546. The summed E-state index contributed by atoms with van der Waals surface area (Å²) in [5.41, 5.74) is 0.370. The Labute approximate surface area is 220 Å². The van der Waals surface area contributed by atoms with Crippen molar-refractivity contribution < 1.29 is 0 Å². The van der Waals surface area contributed by atoms with E-state index in [1.165, 1.54) is 12.8 Å². The number of hydrogen-bond acceptors (Lipinski definition) is 10. The zero-order chi connectivity index (χ0) is 25.0. The monoisotopic (exact) mass is 562 g/mol. The first-order chi connectivity index (χ1) is 18.2. The fraction of sp³-hybridized carbons (Fsp3) is 0.500. The van der Waals surface area contributed by atoms with Crippen molar-refractivity contribution in [2.24, 2.45) is 5.92 Å². The van der Waals surface area contributed by atoms with E-state index in [0.29, 0.717) is 22.8 Å². The van der Waals surface area contributed by atoms with E-state index in [0.717, 1.165) is 78.8 Å². The summed E-state index contributed by atoms with van der Waals surface area (Å²) in [7, 11) is 0. The summed E-state index contributed by atoms with van der Waals surface area (Å²) in [5.74, 6) is 3.05. The number of anilines is 2. The van der Waals surface area contributed by atoms with Crippen LogP contribution in [0.15, 0.2) is 29.3 Å². The number of hydrogen-bond donors (Lipinski definition) is 2. The second-order valence-electron chi connectivity index (χ2n) is 9.66. The van der Waals surface area contributed by atoms with Crippen LogP contribution in [0, 0.1) is 5.92 Å². The van der Waals surface area contributed by atoms with Gasteiger partial charge in [-0.1, -0.05) is 0 Å². The summed E-state index contributed by atoms with van der Waals surface area (Å²) < 4.78 is 1.91. The van der Waals surface area contributed by atoms with E-state index in [-0.39, 0.29) is 5.56 Å². The molecule has 37 heavy (non-hydrogen) atoms. The Hall–Kier alpha value is -3.40. The number of pyridine rings is 1. The minimum absolute atomic E-state index is 0.238. The number of nitrogens with one attached hydrogen (secondary N) is 2. The van der Waals surface area contributed by atoms with Crippen LogP contribution < -0.4 is 24.2 Å². The Morgan fingerprint density at radius 3 is 2.54 bits per heavy atom. The van der Waals surface area contributed by atoms with Crippen LogP contribution in [-0.4, -0.2) is 87.7 Å². The number of piperidine rings is 1. The predicted molar refractivity (Wildman–Crippen MR) is 141 cm³/mol. The van der Waals surface area contributed by atoms with E-state index >= 15 is 0 Å². The van der Waals surface area contributed by atoms with Crippen LogP contribution in [0.1, 0.15) is 44.3 Å².